The summed E-state index contributed by atoms with van der Waals surface area (Å²) in [5.41, 5.74) is 7.96. The first-order chi connectivity index (χ1) is 15.7. The highest BCUT2D eigenvalue weighted by Crippen LogP contribution is 2.37. The minimum atomic E-state index is -1.46. The van der Waals surface area contributed by atoms with Crippen LogP contribution in [0.4, 0.5) is 0 Å². The number of carbonyl (C=O) groups excluding carboxylic acids is 1. The molecule has 1 aliphatic rings. The third kappa shape index (κ3) is 6.39. The molecular formula is C24H31NO7S. The monoisotopic (exact) mass is 477 g/mol. The van der Waals surface area contributed by atoms with Crippen molar-refractivity contribution in [3.05, 3.63) is 58.7 Å². The number of nitrogens with two attached hydrogens (primary N) is 1. The Balaban J connectivity index is 1.78. The van der Waals surface area contributed by atoms with Crippen LogP contribution in [-0.4, -0.2) is 67.0 Å². The lowest BCUT2D eigenvalue weighted by Crippen LogP contribution is -2.55. The zero-order valence-electron chi connectivity index (χ0n) is 18.4. The van der Waals surface area contributed by atoms with Gasteiger partial charge < -0.3 is 36.0 Å². The highest BCUT2D eigenvalue weighted by Gasteiger charge is 2.44. The largest absolute Gasteiger partial charge is 0.508 e. The summed E-state index contributed by atoms with van der Waals surface area (Å²) in [6.07, 6.45) is -1.80. The standard InChI is InChI=1S/C24H31NO7S/c1-13-9-16(27)11-18(32-24-23(31)22(30)21(29)19(12-26)33-24)17(13)10-15-7-5-14(6-8-15)3-2-4-20(25)28/h5-9,11,19,21-24,26-27,29-31H,2-4,10,12H2,1H3,(H2,25,28)/t19-,21-,22+,23-,24-/m1/s1. The van der Waals surface area contributed by atoms with Gasteiger partial charge >= 0.3 is 0 Å². The summed E-state index contributed by atoms with van der Waals surface area (Å²) in [6.45, 7) is 1.47. The molecule has 0 spiro atoms. The van der Waals surface area contributed by atoms with Crippen molar-refractivity contribution in [3.63, 3.8) is 0 Å². The lowest BCUT2D eigenvalue weighted by atomic mass is 9.97. The van der Waals surface area contributed by atoms with Crippen molar-refractivity contribution in [2.75, 3.05) is 6.61 Å². The number of ether oxygens (including phenoxy) is 1. The fourth-order valence-electron chi connectivity index (χ4n) is 3.88. The average molecular weight is 478 g/mol. The van der Waals surface area contributed by atoms with Crippen LogP contribution in [0.5, 0.6) is 11.5 Å². The number of hydrogen-bond donors (Lipinski definition) is 6. The lowest BCUT2D eigenvalue weighted by molar-refractivity contribution is -0.118. The fourth-order valence-corrected chi connectivity index (χ4v) is 5.12. The molecule has 1 amide bonds. The number of aliphatic hydroxyl groups is 4. The van der Waals surface area contributed by atoms with Gasteiger partial charge in [0.25, 0.3) is 0 Å². The van der Waals surface area contributed by atoms with Gasteiger partial charge in [-0.3, -0.25) is 4.79 Å². The molecule has 1 heterocycles. The van der Waals surface area contributed by atoms with E-state index in [1.807, 2.05) is 31.2 Å². The number of benzene rings is 2. The van der Waals surface area contributed by atoms with Crippen molar-refractivity contribution in [3.8, 4) is 11.5 Å². The summed E-state index contributed by atoms with van der Waals surface area (Å²) >= 11 is 1.04. The van der Waals surface area contributed by atoms with Crippen molar-refractivity contribution < 1.29 is 35.1 Å². The highest BCUT2D eigenvalue weighted by molar-refractivity contribution is 8.00. The lowest BCUT2D eigenvalue weighted by Gasteiger charge is -2.39. The van der Waals surface area contributed by atoms with Gasteiger partial charge in [0.1, 0.15) is 23.7 Å². The van der Waals surface area contributed by atoms with E-state index in [1.54, 1.807) is 6.07 Å². The average Bonchev–Trinajstić information content (AvgIpc) is 2.77. The van der Waals surface area contributed by atoms with Gasteiger partial charge in [0, 0.05) is 24.5 Å². The van der Waals surface area contributed by atoms with E-state index in [0.717, 1.165) is 40.4 Å². The Morgan fingerprint density at radius 3 is 2.36 bits per heavy atom. The van der Waals surface area contributed by atoms with E-state index in [2.05, 4.69) is 0 Å². The van der Waals surface area contributed by atoms with Gasteiger partial charge in [0.2, 0.25) is 5.91 Å². The van der Waals surface area contributed by atoms with Crippen LogP contribution in [0, 0.1) is 6.92 Å². The number of rotatable bonds is 9. The van der Waals surface area contributed by atoms with Crippen LogP contribution in [0.25, 0.3) is 0 Å². The predicted octanol–water partition coefficient (Wildman–Crippen LogP) is 0.995. The summed E-state index contributed by atoms with van der Waals surface area (Å²) in [5, 5.41) is 49.5. The van der Waals surface area contributed by atoms with Gasteiger partial charge in [-0.05, 0) is 42.5 Å². The van der Waals surface area contributed by atoms with Crippen LogP contribution >= 0.6 is 11.8 Å². The number of aryl methyl sites for hydroxylation is 2. The van der Waals surface area contributed by atoms with E-state index >= 15 is 0 Å². The van der Waals surface area contributed by atoms with Gasteiger partial charge in [-0.2, -0.15) is 0 Å². The summed E-state index contributed by atoms with van der Waals surface area (Å²) in [5.74, 6) is 0.0519. The Bertz CT molecular complexity index is 951. The topological polar surface area (TPSA) is 153 Å². The third-order valence-electron chi connectivity index (χ3n) is 5.80. The number of aliphatic hydroxyl groups excluding tert-OH is 4. The van der Waals surface area contributed by atoms with Crippen molar-refractivity contribution in [1.29, 1.82) is 0 Å². The van der Waals surface area contributed by atoms with Crippen LogP contribution in [0.1, 0.15) is 35.1 Å². The molecular weight excluding hydrogens is 446 g/mol. The number of aromatic hydroxyl groups is 1. The first-order valence-electron chi connectivity index (χ1n) is 10.9. The Morgan fingerprint density at radius 2 is 1.73 bits per heavy atom. The molecule has 33 heavy (non-hydrogen) atoms. The van der Waals surface area contributed by atoms with Gasteiger partial charge in [-0.15, -0.1) is 11.8 Å². The molecule has 0 saturated carbocycles. The highest BCUT2D eigenvalue weighted by atomic mass is 32.2. The third-order valence-corrected chi connectivity index (χ3v) is 7.22. The molecule has 1 fully saturated rings. The summed E-state index contributed by atoms with van der Waals surface area (Å²) < 4.78 is 6.01. The van der Waals surface area contributed by atoms with Crippen molar-refractivity contribution in [1.82, 2.24) is 0 Å². The smallest absolute Gasteiger partial charge is 0.217 e. The molecule has 3 rings (SSSR count). The van der Waals surface area contributed by atoms with E-state index in [4.69, 9.17) is 10.5 Å². The maximum Gasteiger partial charge on any atom is 0.217 e. The molecule has 0 aromatic heterocycles. The summed E-state index contributed by atoms with van der Waals surface area (Å²) in [4.78, 5) is 10.9. The van der Waals surface area contributed by atoms with Crippen LogP contribution in [0.3, 0.4) is 0 Å². The Kier molecular flexibility index (Phi) is 8.61. The van der Waals surface area contributed by atoms with Gasteiger partial charge in [-0.1, -0.05) is 24.3 Å². The van der Waals surface area contributed by atoms with Crippen LogP contribution in [0.15, 0.2) is 36.4 Å². The molecule has 0 radical (unpaired) electrons. The molecule has 0 unspecified atom stereocenters. The number of phenolic OH excluding ortho intramolecular Hbond substituents is 1. The molecule has 0 bridgehead atoms. The van der Waals surface area contributed by atoms with Crippen LogP contribution < -0.4 is 10.5 Å². The zero-order valence-corrected chi connectivity index (χ0v) is 19.2. The number of thioether (sulfide) groups is 1. The molecule has 1 saturated heterocycles. The Morgan fingerprint density at radius 1 is 1.06 bits per heavy atom. The quantitative estimate of drug-likeness (QED) is 0.313. The molecule has 7 N–H and O–H groups in total. The molecule has 0 aliphatic carbocycles. The summed E-state index contributed by atoms with van der Waals surface area (Å²) in [7, 11) is 0. The van der Waals surface area contributed by atoms with E-state index in [1.165, 1.54) is 6.07 Å². The van der Waals surface area contributed by atoms with Crippen molar-refractivity contribution >= 4 is 17.7 Å². The molecule has 1 aliphatic heterocycles. The number of phenols is 1. The van der Waals surface area contributed by atoms with Crippen molar-refractivity contribution in [2.45, 2.75) is 61.6 Å². The molecule has 2 aromatic rings. The normalized spacial score (nSPS) is 25.1. The van der Waals surface area contributed by atoms with Crippen molar-refractivity contribution in [2.24, 2.45) is 5.73 Å². The second-order valence-electron chi connectivity index (χ2n) is 8.37. The summed E-state index contributed by atoms with van der Waals surface area (Å²) in [6, 6.07) is 11.1. The molecule has 8 nitrogen and oxygen atoms in total. The molecule has 180 valence electrons. The minimum absolute atomic E-state index is 0.00522. The first kappa shape index (κ1) is 25.3. The number of primary amides is 1. The Hall–Kier alpha value is -2.30. The predicted molar refractivity (Wildman–Crippen MR) is 125 cm³/mol. The molecule has 5 atom stereocenters. The maximum atomic E-state index is 10.9. The number of amides is 1. The zero-order chi connectivity index (χ0) is 24.1. The molecule has 2 aromatic carbocycles. The minimum Gasteiger partial charge on any atom is -0.508 e. The number of carbonyl (C=O) groups is 1. The molecule has 9 heteroatoms. The second kappa shape index (κ2) is 11.2. The first-order valence-corrected chi connectivity index (χ1v) is 11.8. The van der Waals surface area contributed by atoms with E-state index in [-0.39, 0.29) is 18.3 Å². The SMILES string of the molecule is Cc1cc(O)cc(O[C@@H]2S[C@H](CO)[C@@H](O)[C@H](O)[C@H]2O)c1Cc1ccc(CCCC(N)=O)cc1. The van der Waals surface area contributed by atoms with E-state index in [9.17, 15) is 30.3 Å². The Labute approximate surface area is 197 Å². The van der Waals surface area contributed by atoms with E-state index < -0.39 is 29.0 Å². The van der Waals surface area contributed by atoms with Crippen LogP contribution in [-0.2, 0) is 17.6 Å². The number of hydrogen-bond acceptors (Lipinski definition) is 8. The second-order valence-corrected chi connectivity index (χ2v) is 9.71. The van der Waals surface area contributed by atoms with Gasteiger partial charge in [-0.25, -0.2) is 0 Å². The van der Waals surface area contributed by atoms with E-state index in [0.29, 0.717) is 25.0 Å². The van der Waals surface area contributed by atoms with Gasteiger partial charge in [0.15, 0.2) is 5.44 Å². The van der Waals surface area contributed by atoms with Gasteiger partial charge in [0.05, 0.1) is 18.0 Å². The maximum absolute atomic E-state index is 10.9. The fraction of sp³-hybridized carbons (Fsp3) is 0.458. The van der Waals surface area contributed by atoms with Crippen LogP contribution in [0.2, 0.25) is 0 Å².